The summed E-state index contributed by atoms with van der Waals surface area (Å²) in [6.45, 7) is 4.55. The fourth-order valence-electron chi connectivity index (χ4n) is 1.99. The second kappa shape index (κ2) is 5.13. The Kier molecular flexibility index (Phi) is 3.80. The molecule has 2 heteroatoms. The Labute approximate surface area is 103 Å². The van der Waals surface area contributed by atoms with E-state index < -0.39 is 0 Å². The van der Waals surface area contributed by atoms with Crippen LogP contribution in [0.1, 0.15) is 37.5 Å². The number of nitrogens with one attached hydrogen (secondary N) is 1. The highest BCUT2D eigenvalue weighted by molar-refractivity contribution is 7.98. The summed E-state index contributed by atoms with van der Waals surface area (Å²) in [4.78, 5) is 0. The third-order valence-corrected chi connectivity index (χ3v) is 4.41. The van der Waals surface area contributed by atoms with Crippen molar-refractivity contribution in [1.29, 1.82) is 0 Å². The molecule has 1 aromatic carbocycles. The molecule has 0 spiro atoms. The number of benzene rings is 1. The number of anilines is 1. The van der Waals surface area contributed by atoms with E-state index >= 15 is 0 Å². The molecule has 1 N–H and O–H groups in total. The smallest absolute Gasteiger partial charge is 0.0345 e. The van der Waals surface area contributed by atoms with Gasteiger partial charge in [-0.1, -0.05) is 12.1 Å². The van der Waals surface area contributed by atoms with E-state index in [9.17, 15) is 0 Å². The molecule has 0 aromatic heterocycles. The van der Waals surface area contributed by atoms with Gasteiger partial charge in [0.15, 0.2) is 0 Å². The predicted molar refractivity (Wildman–Crippen MR) is 74.2 cm³/mol. The van der Waals surface area contributed by atoms with Crippen LogP contribution < -0.4 is 5.32 Å². The van der Waals surface area contributed by atoms with Crippen molar-refractivity contribution in [1.82, 2.24) is 0 Å². The van der Waals surface area contributed by atoms with Crippen molar-refractivity contribution in [2.24, 2.45) is 5.92 Å². The molecular formula is C14H21NS. The molecule has 0 bridgehead atoms. The van der Waals surface area contributed by atoms with Gasteiger partial charge in [0.1, 0.15) is 0 Å². The van der Waals surface area contributed by atoms with E-state index in [1.165, 1.54) is 24.1 Å². The lowest BCUT2D eigenvalue weighted by molar-refractivity contribution is 0.694. The molecule has 0 aliphatic heterocycles. The van der Waals surface area contributed by atoms with Crippen molar-refractivity contribution in [3.05, 3.63) is 29.8 Å². The zero-order valence-corrected chi connectivity index (χ0v) is 11.2. The molecule has 88 valence electrons. The average Bonchev–Trinajstić information content (AvgIpc) is 3.12. The van der Waals surface area contributed by atoms with Crippen LogP contribution in [0, 0.1) is 5.92 Å². The molecule has 1 aliphatic carbocycles. The largest absolute Gasteiger partial charge is 0.382 e. The monoisotopic (exact) mass is 235 g/mol. The van der Waals surface area contributed by atoms with Crippen molar-refractivity contribution in [3.63, 3.8) is 0 Å². The number of thioether (sulfide) groups is 1. The minimum Gasteiger partial charge on any atom is -0.382 e. The first-order valence-electron chi connectivity index (χ1n) is 6.10. The van der Waals surface area contributed by atoms with E-state index in [0.29, 0.717) is 11.3 Å². The fraction of sp³-hybridized carbons (Fsp3) is 0.571. The third kappa shape index (κ3) is 2.94. The van der Waals surface area contributed by atoms with Gasteiger partial charge in [-0.15, -0.1) is 0 Å². The zero-order valence-electron chi connectivity index (χ0n) is 10.4. The van der Waals surface area contributed by atoms with Gasteiger partial charge in [0.05, 0.1) is 0 Å². The minimum absolute atomic E-state index is 0.581. The Morgan fingerprint density at radius 3 is 2.69 bits per heavy atom. The maximum Gasteiger partial charge on any atom is 0.0345 e. The molecule has 0 radical (unpaired) electrons. The Hall–Kier alpha value is -0.630. The highest BCUT2D eigenvalue weighted by Crippen LogP contribution is 2.34. The molecule has 0 amide bonds. The van der Waals surface area contributed by atoms with E-state index in [2.05, 4.69) is 49.7 Å². The van der Waals surface area contributed by atoms with E-state index in [-0.39, 0.29) is 0 Å². The standard InChI is InChI=1S/C14H21NS/c1-10(12-7-8-12)15-14-6-4-5-13(9-14)11(2)16-3/h4-6,9-12,15H,7-8H2,1-3H3. The summed E-state index contributed by atoms with van der Waals surface area (Å²) in [5.41, 5.74) is 2.69. The lowest BCUT2D eigenvalue weighted by atomic mass is 10.1. The number of hydrogen-bond donors (Lipinski definition) is 1. The molecule has 1 fully saturated rings. The number of rotatable bonds is 5. The van der Waals surface area contributed by atoms with Crippen molar-refractivity contribution in [2.75, 3.05) is 11.6 Å². The van der Waals surface area contributed by atoms with Gasteiger partial charge in [0.2, 0.25) is 0 Å². The van der Waals surface area contributed by atoms with Crippen molar-refractivity contribution >= 4 is 17.4 Å². The van der Waals surface area contributed by atoms with Gasteiger partial charge in [-0.3, -0.25) is 0 Å². The van der Waals surface area contributed by atoms with Crippen LogP contribution in [-0.2, 0) is 0 Å². The minimum atomic E-state index is 0.581. The Morgan fingerprint density at radius 2 is 2.06 bits per heavy atom. The molecule has 1 aromatic rings. The summed E-state index contributed by atoms with van der Waals surface area (Å²) >= 11 is 1.90. The predicted octanol–water partition coefficient (Wildman–Crippen LogP) is 4.32. The molecule has 2 unspecified atom stereocenters. The second-order valence-corrected chi connectivity index (χ2v) is 5.95. The molecule has 2 atom stereocenters. The van der Waals surface area contributed by atoms with Gasteiger partial charge >= 0.3 is 0 Å². The van der Waals surface area contributed by atoms with Crippen LogP contribution in [0.25, 0.3) is 0 Å². The lowest BCUT2D eigenvalue weighted by Crippen LogP contribution is -2.17. The van der Waals surface area contributed by atoms with Crippen LogP contribution in [-0.4, -0.2) is 12.3 Å². The van der Waals surface area contributed by atoms with Crippen LogP contribution in [0.2, 0.25) is 0 Å². The highest BCUT2D eigenvalue weighted by atomic mass is 32.2. The fourth-order valence-corrected chi connectivity index (χ4v) is 2.41. The molecular weight excluding hydrogens is 214 g/mol. The van der Waals surface area contributed by atoms with E-state index in [1.54, 1.807) is 0 Å². The maximum atomic E-state index is 3.61. The summed E-state index contributed by atoms with van der Waals surface area (Å²) in [6, 6.07) is 9.47. The first-order valence-corrected chi connectivity index (χ1v) is 7.39. The van der Waals surface area contributed by atoms with E-state index in [0.717, 1.165) is 5.92 Å². The van der Waals surface area contributed by atoms with Gasteiger partial charge in [-0.25, -0.2) is 0 Å². The second-order valence-electron chi connectivity index (χ2n) is 4.77. The van der Waals surface area contributed by atoms with Crippen LogP contribution in [0.15, 0.2) is 24.3 Å². The van der Waals surface area contributed by atoms with Gasteiger partial charge in [-0.05, 0) is 56.6 Å². The van der Waals surface area contributed by atoms with Crippen LogP contribution in [0.3, 0.4) is 0 Å². The topological polar surface area (TPSA) is 12.0 Å². The van der Waals surface area contributed by atoms with Crippen LogP contribution in [0.5, 0.6) is 0 Å². The summed E-state index contributed by atoms with van der Waals surface area (Å²) in [6.07, 6.45) is 4.96. The van der Waals surface area contributed by atoms with Gasteiger partial charge in [-0.2, -0.15) is 11.8 Å². The normalized spacial score (nSPS) is 19.2. The first kappa shape index (κ1) is 11.8. The third-order valence-electron chi connectivity index (χ3n) is 3.43. The van der Waals surface area contributed by atoms with Gasteiger partial charge in [0, 0.05) is 17.0 Å². The lowest BCUT2D eigenvalue weighted by Gasteiger charge is -2.16. The maximum absolute atomic E-state index is 3.61. The molecule has 2 rings (SSSR count). The van der Waals surface area contributed by atoms with Gasteiger partial charge in [0.25, 0.3) is 0 Å². The summed E-state index contributed by atoms with van der Waals surface area (Å²) < 4.78 is 0. The summed E-state index contributed by atoms with van der Waals surface area (Å²) in [7, 11) is 0. The van der Waals surface area contributed by atoms with Crippen molar-refractivity contribution < 1.29 is 0 Å². The van der Waals surface area contributed by atoms with Crippen molar-refractivity contribution in [3.8, 4) is 0 Å². The van der Waals surface area contributed by atoms with Crippen molar-refractivity contribution in [2.45, 2.75) is 38.0 Å². The summed E-state index contributed by atoms with van der Waals surface area (Å²) in [5, 5.41) is 4.20. The molecule has 16 heavy (non-hydrogen) atoms. The average molecular weight is 235 g/mol. The molecule has 1 saturated carbocycles. The number of hydrogen-bond acceptors (Lipinski definition) is 2. The SMILES string of the molecule is CSC(C)c1cccc(NC(C)C2CC2)c1. The molecule has 0 saturated heterocycles. The molecule has 0 heterocycles. The van der Waals surface area contributed by atoms with Crippen LogP contribution >= 0.6 is 11.8 Å². The zero-order chi connectivity index (χ0) is 11.5. The molecule has 1 nitrogen and oxygen atoms in total. The first-order chi connectivity index (χ1) is 7.70. The quantitative estimate of drug-likeness (QED) is 0.815. The Morgan fingerprint density at radius 1 is 1.31 bits per heavy atom. The molecule has 1 aliphatic rings. The Bertz CT molecular complexity index is 346. The van der Waals surface area contributed by atoms with E-state index in [1.807, 2.05) is 11.8 Å². The Balaban J connectivity index is 2.03. The van der Waals surface area contributed by atoms with Gasteiger partial charge < -0.3 is 5.32 Å². The highest BCUT2D eigenvalue weighted by Gasteiger charge is 2.27. The summed E-state index contributed by atoms with van der Waals surface area (Å²) in [5.74, 6) is 0.904. The van der Waals surface area contributed by atoms with E-state index in [4.69, 9.17) is 0 Å². The van der Waals surface area contributed by atoms with Crippen LogP contribution in [0.4, 0.5) is 5.69 Å².